The second kappa shape index (κ2) is 8.90. The van der Waals surface area contributed by atoms with E-state index in [2.05, 4.69) is 31.4 Å². The second-order valence-corrected chi connectivity index (χ2v) is 12.3. The summed E-state index contributed by atoms with van der Waals surface area (Å²) in [5.41, 5.74) is -0.138. The zero-order valence-corrected chi connectivity index (χ0v) is 22.2. The molecule has 2 unspecified atom stereocenters. The van der Waals surface area contributed by atoms with Crippen LogP contribution in [-0.2, 0) is 16.9 Å². The predicted molar refractivity (Wildman–Crippen MR) is 138 cm³/mol. The fourth-order valence-electron chi connectivity index (χ4n) is 7.48. The highest BCUT2D eigenvalue weighted by Crippen LogP contribution is 2.65. The average Bonchev–Trinajstić information content (AvgIpc) is 3.41. The molecule has 4 saturated carbocycles. The van der Waals surface area contributed by atoms with Crippen molar-refractivity contribution in [2.75, 3.05) is 5.32 Å². The number of nitrogens with zero attached hydrogens (tertiary/aromatic N) is 5. The van der Waals surface area contributed by atoms with Gasteiger partial charge in [0.15, 0.2) is 5.82 Å². The lowest BCUT2D eigenvalue weighted by Crippen LogP contribution is -2.57. The molecule has 7 rings (SSSR count). The number of anilines is 1. The maximum atomic E-state index is 14.1. The maximum absolute atomic E-state index is 14.1. The van der Waals surface area contributed by atoms with Gasteiger partial charge < -0.3 is 15.4 Å². The third-order valence-corrected chi connectivity index (χ3v) is 9.20. The van der Waals surface area contributed by atoms with Gasteiger partial charge in [-0.2, -0.15) is 9.78 Å². The average molecular weight is 592 g/mol. The summed E-state index contributed by atoms with van der Waals surface area (Å²) >= 11 is 9.42. The van der Waals surface area contributed by atoms with Crippen LogP contribution in [0.4, 0.5) is 16.0 Å². The highest BCUT2D eigenvalue weighted by Gasteiger charge is 2.60. The molecule has 2 heterocycles. The number of halogens is 3. The van der Waals surface area contributed by atoms with Crippen molar-refractivity contribution in [2.24, 2.45) is 17.3 Å². The van der Waals surface area contributed by atoms with Crippen molar-refractivity contribution in [2.45, 2.75) is 57.0 Å². The van der Waals surface area contributed by atoms with E-state index in [0.29, 0.717) is 39.1 Å². The molecule has 12 heteroatoms. The highest BCUT2D eigenvalue weighted by atomic mass is 79.9. The quantitative estimate of drug-likeness (QED) is 0.271. The Hall–Kier alpha value is -2.79. The summed E-state index contributed by atoms with van der Waals surface area (Å²) in [6.45, 7) is 0.156. The van der Waals surface area contributed by atoms with Crippen LogP contribution in [0.15, 0.2) is 41.1 Å². The summed E-state index contributed by atoms with van der Waals surface area (Å²) in [7, 11) is 0. The lowest BCUT2D eigenvalue weighted by molar-refractivity contribution is -0.390. The van der Waals surface area contributed by atoms with E-state index in [0.717, 1.165) is 38.5 Å². The first-order valence-corrected chi connectivity index (χ1v) is 13.5. The molecule has 194 valence electrons. The van der Waals surface area contributed by atoms with Crippen molar-refractivity contribution >= 4 is 45.1 Å². The summed E-state index contributed by atoms with van der Waals surface area (Å²) in [4.78, 5) is 24.1. The van der Waals surface area contributed by atoms with Gasteiger partial charge in [0, 0.05) is 29.3 Å². The van der Waals surface area contributed by atoms with Crippen molar-refractivity contribution in [1.82, 2.24) is 19.6 Å². The first kappa shape index (κ1) is 24.5. The molecular formula is C25H25BrClFN6O3. The van der Waals surface area contributed by atoms with Gasteiger partial charge in [-0.3, -0.25) is 9.48 Å². The maximum Gasteiger partial charge on any atom is 0.404 e. The van der Waals surface area contributed by atoms with Gasteiger partial charge in [-0.05, 0) is 88.8 Å². The molecule has 2 atom stereocenters. The number of hydrogen-bond acceptors (Lipinski definition) is 5. The normalized spacial score (nSPS) is 28.0. The Morgan fingerprint density at radius 2 is 2.00 bits per heavy atom. The van der Waals surface area contributed by atoms with Crippen LogP contribution < -0.4 is 5.32 Å². The minimum Gasteiger partial charge on any atom is -0.358 e. The largest absolute Gasteiger partial charge is 0.404 e. The molecular weight excluding hydrogens is 567 g/mol. The smallest absolute Gasteiger partial charge is 0.358 e. The van der Waals surface area contributed by atoms with Crippen LogP contribution >= 0.6 is 27.5 Å². The number of nitro groups is 1. The molecule has 0 spiro atoms. The van der Waals surface area contributed by atoms with Crippen LogP contribution in [0.1, 0.15) is 50.5 Å². The lowest BCUT2D eigenvalue weighted by atomic mass is 9.46. The van der Waals surface area contributed by atoms with E-state index in [1.54, 1.807) is 40.0 Å². The van der Waals surface area contributed by atoms with Gasteiger partial charge in [-0.25, -0.2) is 4.39 Å². The SMILES string of the molecule is O=C(CC12CC3CC(C1)CC(n1cc(Br)c([N+](=O)[O-])n1)(C3)C2)Nc1ccn(Cc2c(F)cccc2Cl)n1. The number of benzene rings is 1. The Morgan fingerprint density at radius 1 is 1.24 bits per heavy atom. The highest BCUT2D eigenvalue weighted by molar-refractivity contribution is 9.10. The van der Waals surface area contributed by atoms with Gasteiger partial charge in [-0.1, -0.05) is 17.7 Å². The Kier molecular flexibility index (Phi) is 5.91. The Labute approximate surface area is 225 Å². The van der Waals surface area contributed by atoms with E-state index in [4.69, 9.17) is 11.6 Å². The zero-order chi connectivity index (χ0) is 25.9. The van der Waals surface area contributed by atoms with Crippen LogP contribution in [0.5, 0.6) is 0 Å². The molecule has 2 aromatic heterocycles. The molecule has 3 aromatic rings. The third kappa shape index (κ3) is 4.46. The number of carbonyl (C=O) groups excluding carboxylic acids is 1. The van der Waals surface area contributed by atoms with Crippen molar-refractivity contribution in [1.29, 1.82) is 0 Å². The third-order valence-electron chi connectivity index (χ3n) is 8.29. The van der Waals surface area contributed by atoms with Gasteiger partial charge >= 0.3 is 5.82 Å². The predicted octanol–water partition coefficient (Wildman–Crippen LogP) is 5.92. The summed E-state index contributed by atoms with van der Waals surface area (Å²) in [6.07, 6.45) is 9.49. The van der Waals surface area contributed by atoms with Crippen molar-refractivity contribution < 1.29 is 14.1 Å². The molecule has 4 fully saturated rings. The zero-order valence-electron chi connectivity index (χ0n) is 19.9. The van der Waals surface area contributed by atoms with Crippen LogP contribution in [0.2, 0.25) is 5.02 Å². The number of aromatic nitrogens is 4. The van der Waals surface area contributed by atoms with Crippen molar-refractivity contribution in [3.05, 3.63) is 67.6 Å². The van der Waals surface area contributed by atoms with E-state index in [1.165, 1.54) is 6.07 Å². The molecule has 0 aliphatic heterocycles. The minimum atomic E-state index is -0.469. The molecule has 4 bridgehead atoms. The van der Waals surface area contributed by atoms with Gasteiger partial charge in [-0.15, -0.1) is 0 Å². The van der Waals surface area contributed by atoms with Crippen LogP contribution in [0.3, 0.4) is 0 Å². The molecule has 0 saturated heterocycles. The van der Waals surface area contributed by atoms with E-state index in [9.17, 15) is 19.3 Å². The van der Waals surface area contributed by atoms with Gasteiger partial charge in [0.2, 0.25) is 5.91 Å². The number of rotatable bonds is 7. The number of amides is 1. The van der Waals surface area contributed by atoms with E-state index < -0.39 is 10.7 Å². The lowest BCUT2D eigenvalue weighted by Gasteiger charge is -2.61. The molecule has 1 amide bonds. The van der Waals surface area contributed by atoms with Gasteiger partial charge in [0.25, 0.3) is 0 Å². The van der Waals surface area contributed by atoms with Crippen LogP contribution in [0.25, 0.3) is 0 Å². The van der Waals surface area contributed by atoms with Crippen LogP contribution in [0, 0.1) is 33.2 Å². The molecule has 0 radical (unpaired) electrons. The Bertz CT molecular complexity index is 1370. The fourth-order valence-corrected chi connectivity index (χ4v) is 8.12. The standard InChI is InChI=1S/C25H25BrClFN6O3/c26-18-13-33(31-23(18)34(36)37)25-9-15-6-16(10-25)8-24(7-15,14-25)11-22(35)29-21-4-5-32(30-21)12-17-19(27)2-1-3-20(17)28/h1-5,13,15-16H,6-12,14H2,(H,29,30,35). The topological polar surface area (TPSA) is 108 Å². The Morgan fingerprint density at radius 3 is 2.68 bits per heavy atom. The van der Waals surface area contributed by atoms with Crippen molar-refractivity contribution in [3.63, 3.8) is 0 Å². The molecule has 37 heavy (non-hydrogen) atoms. The fraction of sp³-hybridized carbons (Fsp3) is 0.480. The number of hydrogen-bond donors (Lipinski definition) is 1. The monoisotopic (exact) mass is 590 g/mol. The molecule has 9 nitrogen and oxygen atoms in total. The molecule has 1 aromatic carbocycles. The molecule has 1 N–H and O–H groups in total. The number of carbonyl (C=O) groups is 1. The van der Waals surface area contributed by atoms with Crippen molar-refractivity contribution in [3.8, 4) is 0 Å². The number of nitrogens with one attached hydrogen (secondary N) is 1. The second-order valence-electron chi connectivity index (χ2n) is 11.0. The van der Waals surface area contributed by atoms with E-state index >= 15 is 0 Å². The van der Waals surface area contributed by atoms with Gasteiger partial charge in [0.1, 0.15) is 10.3 Å². The van der Waals surface area contributed by atoms with Gasteiger partial charge in [0.05, 0.1) is 23.4 Å². The van der Waals surface area contributed by atoms with E-state index in [-0.39, 0.29) is 29.2 Å². The summed E-state index contributed by atoms with van der Waals surface area (Å²) in [6, 6.07) is 6.22. The summed E-state index contributed by atoms with van der Waals surface area (Å²) in [5.74, 6) is 0.665. The molecule has 4 aliphatic carbocycles. The minimum absolute atomic E-state index is 0.112. The first-order chi connectivity index (χ1) is 17.6. The Balaban J connectivity index is 1.17. The summed E-state index contributed by atoms with van der Waals surface area (Å²) < 4.78 is 17.9. The molecule has 4 aliphatic rings. The van der Waals surface area contributed by atoms with Crippen LogP contribution in [-0.4, -0.2) is 30.4 Å². The van der Waals surface area contributed by atoms with E-state index in [1.807, 2.05) is 0 Å². The summed E-state index contributed by atoms with van der Waals surface area (Å²) in [5, 5.41) is 23.4. The first-order valence-electron chi connectivity index (χ1n) is 12.3.